The van der Waals surface area contributed by atoms with Crippen molar-refractivity contribution in [2.45, 2.75) is 19.1 Å². The van der Waals surface area contributed by atoms with Crippen LogP contribution in [0.4, 0.5) is 0 Å². The van der Waals surface area contributed by atoms with Gasteiger partial charge in [-0.2, -0.15) is 0 Å². The molecule has 0 fully saturated rings. The van der Waals surface area contributed by atoms with Gasteiger partial charge < -0.3 is 5.11 Å². The van der Waals surface area contributed by atoms with E-state index in [-0.39, 0.29) is 6.42 Å². The molecule has 1 aliphatic carbocycles. The number of nitro groups is 1. The Bertz CT molecular complexity index is 318. The second kappa shape index (κ2) is 3.10. The Hall–Kier alpha value is -1.49. The van der Waals surface area contributed by atoms with Crippen molar-refractivity contribution in [2.75, 3.05) is 0 Å². The molecule has 0 saturated carbocycles. The van der Waals surface area contributed by atoms with Gasteiger partial charge in [0.05, 0.1) is 11.3 Å². The van der Waals surface area contributed by atoms with Crippen molar-refractivity contribution in [3.05, 3.63) is 33.4 Å². The molecule has 0 saturated heterocycles. The number of carbonyl (C=O) groups excluding carboxylic acids is 1. The molecule has 1 unspecified atom stereocenters. The first-order chi connectivity index (χ1) is 5.99. The monoisotopic (exact) mass is 183 g/mol. The highest BCUT2D eigenvalue weighted by molar-refractivity contribution is 5.79. The molecule has 1 rings (SSSR count). The molecule has 0 amide bonds. The van der Waals surface area contributed by atoms with Crippen LogP contribution in [0.15, 0.2) is 23.3 Å². The molecule has 1 aliphatic rings. The summed E-state index contributed by atoms with van der Waals surface area (Å²) in [7, 11) is 0. The van der Waals surface area contributed by atoms with Crippen LogP contribution in [0.1, 0.15) is 13.3 Å². The molecule has 1 atom stereocenters. The van der Waals surface area contributed by atoms with Crippen molar-refractivity contribution in [2.24, 2.45) is 0 Å². The van der Waals surface area contributed by atoms with E-state index >= 15 is 0 Å². The van der Waals surface area contributed by atoms with Crippen molar-refractivity contribution in [1.82, 2.24) is 0 Å². The normalized spacial score (nSPS) is 27.5. The highest BCUT2D eigenvalue weighted by Crippen LogP contribution is 2.26. The molecule has 13 heavy (non-hydrogen) atoms. The molecule has 5 heteroatoms. The van der Waals surface area contributed by atoms with Gasteiger partial charge in [-0.3, -0.25) is 14.9 Å². The summed E-state index contributed by atoms with van der Waals surface area (Å²) in [5.74, 6) is 0. The first-order valence-corrected chi connectivity index (χ1v) is 3.70. The predicted octanol–water partition coefficient (Wildman–Crippen LogP) is 0.427. The second-order valence-corrected chi connectivity index (χ2v) is 3.00. The van der Waals surface area contributed by atoms with Gasteiger partial charge in [-0.25, -0.2) is 0 Å². The van der Waals surface area contributed by atoms with E-state index in [1.165, 1.54) is 6.08 Å². The molecular weight excluding hydrogens is 174 g/mol. The number of aliphatic hydroxyl groups is 1. The number of rotatable bonds is 2. The topological polar surface area (TPSA) is 80.4 Å². The Balaban J connectivity index is 2.99. The Morgan fingerprint density at radius 2 is 2.38 bits per heavy atom. The highest BCUT2D eigenvalue weighted by Gasteiger charge is 2.39. The number of hydrogen-bond acceptors (Lipinski definition) is 4. The molecular formula is C8H9NO4. The van der Waals surface area contributed by atoms with Gasteiger partial charge in [0, 0.05) is 11.6 Å². The number of hydrogen-bond donors (Lipinski definition) is 1. The third-order valence-electron chi connectivity index (χ3n) is 1.99. The minimum Gasteiger partial charge on any atom is -0.327 e. The summed E-state index contributed by atoms with van der Waals surface area (Å²) in [6, 6.07) is 0. The van der Waals surface area contributed by atoms with Gasteiger partial charge in [0.1, 0.15) is 6.29 Å². The van der Waals surface area contributed by atoms with Gasteiger partial charge in [0.2, 0.25) is 0 Å². The Morgan fingerprint density at radius 3 is 2.77 bits per heavy atom. The molecule has 0 heterocycles. The zero-order valence-corrected chi connectivity index (χ0v) is 7.06. The maximum absolute atomic E-state index is 10.4. The number of aldehydes is 1. The Kier molecular flexibility index (Phi) is 2.29. The van der Waals surface area contributed by atoms with Crippen LogP contribution >= 0.6 is 0 Å². The fourth-order valence-electron chi connectivity index (χ4n) is 1.18. The fourth-order valence-corrected chi connectivity index (χ4v) is 1.18. The summed E-state index contributed by atoms with van der Waals surface area (Å²) < 4.78 is 0. The smallest absolute Gasteiger partial charge is 0.327 e. The maximum Gasteiger partial charge on any atom is 0.346 e. The van der Waals surface area contributed by atoms with Gasteiger partial charge >= 0.3 is 5.72 Å². The van der Waals surface area contributed by atoms with E-state index in [0.29, 0.717) is 17.4 Å². The van der Waals surface area contributed by atoms with Crippen LogP contribution in [0.25, 0.3) is 0 Å². The lowest BCUT2D eigenvalue weighted by molar-refractivity contribution is -0.607. The lowest BCUT2D eigenvalue weighted by Crippen LogP contribution is -2.37. The molecule has 70 valence electrons. The van der Waals surface area contributed by atoms with E-state index in [0.717, 1.165) is 6.08 Å². The molecule has 0 aromatic carbocycles. The van der Waals surface area contributed by atoms with Crippen LogP contribution < -0.4 is 0 Å². The largest absolute Gasteiger partial charge is 0.346 e. The van der Waals surface area contributed by atoms with Gasteiger partial charge in [-0.1, -0.05) is 5.57 Å². The van der Waals surface area contributed by atoms with Crippen molar-refractivity contribution < 1.29 is 14.8 Å². The zero-order chi connectivity index (χ0) is 10.1. The lowest BCUT2D eigenvalue weighted by atomic mass is 9.94. The van der Waals surface area contributed by atoms with Gasteiger partial charge in [-0.15, -0.1) is 0 Å². The summed E-state index contributed by atoms with van der Waals surface area (Å²) in [6.45, 7) is 1.59. The van der Waals surface area contributed by atoms with E-state index < -0.39 is 10.6 Å². The molecule has 5 nitrogen and oxygen atoms in total. The van der Waals surface area contributed by atoms with E-state index in [1.807, 2.05) is 0 Å². The summed E-state index contributed by atoms with van der Waals surface area (Å²) >= 11 is 0. The van der Waals surface area contributed by atoms with E-state index in [1.54, 1.807) is 6.92 Å². The molecule has 0 aromatic heterocycles. The molecule has 0 bridgehead atoms. The average molecular weight is 183 g/mol. The third-order valence-corrected chi connectivity index (χ3v) is 1.99. The number of nitrogens with zero attached hydrogens (tertiary/aromatic N) is 1. The summed E-state index contributed by atoms with van der Waals surface area (Å²) in [6.07, 6.45) is 2.79. The summed E-state index contributed by atoms with van der Waals surface area (Å²) in [4.78, 5) is 20.0. The molecule has 0 radical (unpaired) electrons. The lowest BCUT2D eigenvalue weighted by Gasteiger charge is -2.19. The number of allylic oxidation sites excluding steroid dienone is 2. The average Bonchev–Trinajstić information content (AvgIpc) is 2.04. The molecule has 0 aliphatic heterocycles. The Labute approximate surface area is 74.5 Å². The van der Waals surface area contributed by atoms with Crippen LogP contribution in [0.2, 0.25) is 0 Å². The number of carbonyl (C=O) groups is 1. The molecule has 0 aromatic rings. The van der Waals surface area contributed by atoms with Crippen LogP contribution in [-0.2, 0) is 4.79 Å². The van der Waals surface area contributed by atoms with Crippen LogP contribution in [0.3, 0.4) is 0 Å². The highest BCUT2D eigenvalue weighted by atomic mass is 16.7. The zero-order valence-electron chi connectivity index (χ0n) is 7.06. The van der Waals surface area contributed by atoms with Gasteiger partial charge in [0.15, 0.2) is 0 Å². The van der Waals surface area contributed by atoms with E-state index in [9.17, 15) is 20.0 Å². The molecule has 1 N–H and O–H groups in total. The van der Waals surface area contributed by atoms with E-state index in [2.05, 4.69) is 0 Å². The standard InChI is InChI=1S/C8H9NO4/c1-6-4-8(11,9(12)13)3-2-7(6)5-10/h2-3,5,11H,4H2,1H3. The first kappa shape index (κ1) is 9.60. The molecule has 0 spiro atoms. The van der Waals surface area contributed by atoms with Crippen molar-refractivity contribution in [3.8, 4) is 0 Å². The third kappa shape index (κ3) is 1.65. The van der Waals surface area contributed by atoms with Crippen LogP contribution in [-0.4, -0.2) is 22.0 Å². The second-order valence-electron chi connectivity index (χ2n) is 3.00. The van der Waals surface area contributed by atoms with Crippen LogP contribution in [0.5, 0.6) is 0 Å². The maximum atomic E-state index is 10.4. The quantitative estimate of drug-likeness (QED) is 0.291. The fraction of sp³-hybridized carbons (Fsp3) is 0.375. The van der Waals surface area contributed by atoms with Gasteiger partial charge in [0.25, 0.3) is 0 Å². The van der Waals surface area contributed by atoms with E-state index in [4.69, 9.17) is 0 Å². The SMILES string of the molecule is CC1=C(C=O)C=CC(O)([N+](=O)[O-])C1. The van der Waals surface area contributed by atoms with Gasteiger partial charge in [-0.05, 0) is 13.0 Å². The Morgan fingerprint density at radius 1 is 1.77 bits per heavy atom. The van der Waals surface area contributed by atoms with Crippen molar-refractivity contribution in [3.63, 3.8) is 0 Å². The first-order valence-electron chi connectivity index (χ1n) is 3.70. The minimum atomic E-state index is -2.05. The van der Waals surface area contributed by atoms with Crippen LogP contribution in [0, 0.1) is 10.1 Å². The van der Waals surface area contributed by atoms with Crippen molar-refractivity contribution in [1.29, 1.82) is 0 Å². The predicted molar refractivity (Wildman–Crippen MR) is 44.5 cm³/mol. The van der Waals surface area contributed by atoms with Crippen molar-refractivity contribution >= 4 is 6.29 Å². The summed E-state index contributed by atoms with van der Waals surface area (Å²) in [5, 5.41) is 19.8. The minimum absolute atomic E-state index is 0.134. The summed E-state index contributed by atoms with van der Waals surface area (Å²) in [5.41, 5.74) is -1.13.